The van der Waals surface area contributed by atoms with Gasteiger partial charge in [0.05, 0.1) is 11.6 Å². The lowest BCUT2D eigenvalue weighted by molar-refractivity contribution is -0.133. The Hall–Kier alpha value is -2.35. The SMILES string of the molecule is CCN(C(=O)CCC(C)(C)C)C1CCCC1.CN(C(=O)CCC(C)(C)C)c1cccc(C#N)c1. The second-order valence-corrected chi connectivity index (χ2v) is 11.9. The van der Waals surface area contributed by atoms with Gasteiger partial charge in [-0.05, 0) is 61.6 Å². The number of benzene rings is 1. The highest BCUT2D eigenvalue weighted by atomic mass is 16.2. The lowest BCUT2D eigenvalue weighted by Gasteiger charge is -2.29. The van der Waals surface area contributed by atoms with E-state index < -0.39 is 0 Å². The van der Waals surface area contributed by atoms with Crippen LogP contribution >= 0.6 is 0 Å². The summed E-state index contributed by atoms with van der Waals surface area (Å²) in [5.74, 6) is 0.448. The smallest absolute Gasteiger partial charge is 0.226 e. The zero-order valence-corrected chi connectivity index (χ0v) is 22.9. The van der Waals surface area contributed by atoms with Crippen LogP contribution in [-0.2, 0) is 9.59 Å². The van der Waals surface area contributed by atoms with E-state index in [9.17, 15) is 9.59 Å². The summed E-state index contributed by atoms with van der Waals surface area (Å²) in [5, 5.41) is 8.84. The van der Waals surface area contributed by atoms with E-state index in [2.05, 4.69) is 59.4 Å². The van der Waals surface area contributed by atoms with Crippen LogP contribution in [0.3, 0.4) is 0 Å². The molecule has 0 aromatic heterocycles. The van der Waals surface area contributed by atoms with Crippen molar-refractivity contribution in [2.45, 2.75) is 106 Å². The molecular formula is C29H47N3O2. The molecule has 5 heteroatoms. The van der Waals surface area contributed by atoms with E-state index in [0.29, 0.717) is 30.4 Å². The third-order valence-electron chi connectivity index (χ3n) is 6.34. The fourth-order valence-electron chi connectivity index (χ4n) is 4.06. The van der Waals surface area contributed by atoms with Gasteiger partial charge in [-0.3, -0.25) is 9.59 Å². The summed E-state index contributed by atoms with van der Waals surface area (Å²) in [7, 11) is 1.75. The molecule has 1 aliphatic rings. The number of rotatable bonds is 7. The molecule has 1 fully saturated rings. The van der Waals surface area contributed by atoms with Crippen molar-refractivity contribution in [1.82, 2.24) is 4.90 Å². The van der Waals surface area contributed by atoms with Gasteiger partial charge < -0.3 is 9.80 Å². The molecule has 0 heterocycles. The third kappa shape index (κ3) is 11.2. The predicted octanol–water partition coefficient (Wildman–Crippen LogP) is 6.95. The van der Waals surface area contributed by atoms with Crippen molar-refractivity contribution in [3.8, 4) is 6.07 Å². The average Bonchev–Trinajstić information content (AvgIpc) is 3.30. The normalized spacial score (nSPS) is 14.1. The van der Waals surface area contributed by atoms with Gasteiger partial charge >= 0.3 is 0 Å². The summed E-state index contributed by atoms with van der Waals surface area (Å²) in [6.07, 6.45) is 8.12. The fourth-order valence-corrected chi connectivity index (χ4v) is 4.06. The molecule has 0 unspecified atom stereocenters. The monoisotopic (exact) mass is 469 g/mol. The van der Waals surface area contributed by atoms with Gasteiger partial charge in [-0.15, -0.1) is 0 Å². The number of anilines is 1. The number of carbonyl (C=O) groups excluding carboxylic acids is 2. The maximum atomic E-state index is 12.1. The minimum Gasteiger partial charge on any atom is -0.340 e. The van der Waals surface area contributed by atoms with Crippen LogP contribution in [0.15, 0.2) is 24.3 Å². The van der Waals surface area contributed by atoms with Crippen molar-refractivity contribution in [3.05, 3.63) is 29.8 Å². The standard InChI is InChI=1S/C15H20N2O.C14H27NO/c1-15(2,3)9-8-14(18)17(4)13-7-5-6-12(10-13)11-16;1-5-15(12-8-6-7-9-12)13(16)10-11-14(2,3)4/h5-7,10H,8-9H2,1-4H3;12H,5-11H2,1-4H3. The summed E-state index contributed by atoms with van der Waals surface area (Å²) < 4.78 is 0. The summed E-state index contributed by atoms with van der Waals surface area (Å²) in [6.45, 7) is 16.0. The molecule has 0 aliphatic heterocycles. The maximum absolute atomic E-state index is 12.1. The number of nitrogens with zero attached hydrogens (tertiary/aromatic N) is 3. The molecule has 5 nitrogen and oxygen atoms in total. The fraction of sp³-hybridized carbons (Fsp3) is 0.690. The first-order valence-electron chi connectivity index (χ1n) is 12.8. The van der Waals surface area contributed by atoms with Gasteiger partial charge in [0.15, 0.2) is 0 Å². The molecule has 0 N–H and O–H groups in total. The first-order valence-corrected chi connectivity index (χ1v) is 12.8. The molecule has 0 saturated heterocycles. The van der Waals surface area contributed by atoms with Gasteiger partial charge in [-0.25, -0.2) is 0 Å². The Bertz CT molecular complexity index is 821. The van der Waals surface area contributed by atoms with Crippen molar-refractivity contribution in [1.29, 1.82) is 5.26 Å². The Balaban J connectivity index is 0.000000342. The van der Waals surface area contributed by atoms with Gasteiger partial charge in [0.1, 0.15) is 0 Å². The van der Waals surface area contributed by atoms with E-state index in [4.69, 9.17) is 5.26 Å². The quantitative estimate of drug-likeness (QED) is 0.434. The largest absolute Gasteiger partial charge is 0.340 e. The van der Waals surface area contributed by atoms with E-state index in [1.807, 2.05) is 6.07 Å². The van der Waals surface area contributed by atoms with Crippen LogP contribution < -0.4 is 4.90 Å². The minimum atomic E-state index is 0.0833. The number of amides is 2. The van der Waals surface area contributed by atoms with Gasteiger partial charge in [-0.1, -0.05) is 60.5 Å². The number of nitriles is 1. The molecular weight excluding hydrogens is 422 g/mol. The first kappa shape index (κ1) is 29.7. The van der Waals surface area contributed by atoms with Crippen LogP contribution in [0.2, 0.25) is 0 Å². The van der Waals surface area contributed by atoms with Gasteiger partial charge in [0, 0.05) is 38.2 Å². The lowest BCUT2D eigenvalue weighted by atomic mass is 9.90. The highest BCUT2D eigenvalue weighted by Gasteiger charge is 2.26. The molecule has 0 atom stereocenters. The third-order valence-corrected chi connectivity index (χ3v) is 6.34. The highest BCUT2D eigenvalue weighted by Crippen LogP contribution is 2.26. The second-order valence-electron chi connectivity index (χ2n) is 11.9. The van der Waals surface area contributed by atoms with Crippen molar-refractivity contribution in [2.75, 3.05) is 18.5 Å². The molecule has 2 amide bonds. The van der Waals surface area contributed by atoms with Gasteiger partial charge in [0.25, 0.3) is 0 Å². The van der Waals surface area contributed by atoms with Crippen molar-refractivity contribution >= 4 is 17.5 Å². The van der Waals surface area contributed by atoms with Crippen molar-refractivity contribution in [3.63, 3.8) is 0 Å². The van der Waals surface area contributed by atoms with Crippen LogP contribution in [0.25, 0.3) is 0 Å². The molecule has 0 radical (unpaired) electrons. The molecule has 1 aromatic rings. The molecule has 0 spiro atoms. The van der Waals surface area contributed by atoms with Crippen LogP contribution in [0.5, 0.6) is 0 Å². The van der Waals surface area contributed by atoms with E-state index in [0.717, 1.165) is 25.1 Å². The Labute approximate surface area is 208 Å². The molecule has 190 valence electrons. The first-order chi connectivity index (χ1) is 15.8. The Morgan fingerprint density at radius 2 is 1.50 bits per heavy atom. The van der Waals surface area contributed by atoms with Crippen LogP contribution in [-0.4, -0.2) is 36.3 Å². The molecule has 2 rings (SSSR count). The predicted molar refractivity (Wildman–Crippen MR) is 142 cm³/mol. The van der Waals surface area contributed by atoms with E-state index in [-0.39, 0.29) is 16.7 Å². The summed E-state index contributed by atoms with van der Waals surface area (Å²) in [6, 6.07) is 9.72. The number of hydrogen-bond acceptors (Lipinski definition) is 3. The number of hydrogen-bond donors (Lipinski definition) is 0. The van der Waals surface area contributed by atoms with E-state index >= 15 is 0 Å². The van der Waals surface area contributed by atoms with Crippen molar-refractivity contribution < 1.29 is 9.59 Å². The topological polar surface area (TPSA) is 64.4 Å². The zero-order valence-electron chi connectivity index (χ0n) is 22.9. The van der Waals surface area contributed by atoms with Gasteiger partial charge in [-0.2, -0.15) is 5.26 Å². The maximum Gasteiger partial charge on any atom is 0.226 e. The van der Waals surface area contributed by atoms with E-state index in [1.54, 1.807) is 30.1 Å². The lowest BCUT2D eigenvalue weighted by Crippen LogP contribution is -2.38. The summed E-state index contributed by atoms with van der Waals surface area (Å²) in [5.41, 5.74) is 1.77. The Morgan fingerprint density at radius 1 is 0.971 bits per heavy atom. The molecule has 1 saturated carbocycles. The Kier molecular flexibility index (Phi) is 11.8. The van der Waals surface area contributed by atoms with E-state index in [1.165, 1.54) is 25.7 Å². The average molecular weight is 470 g/mol. The van der Waals surface area contributed by atoms with Crippen LogP contribution in [0.1, 0.15) is 105 Å². The summed E-state index contributed by atoms with van der Waals surface area (Å²) >= 11 is 0. The minimum absolute atomic E-state index is 0.0833. The van der Waals surface area contributed by atoms with Crippen LogP contribution in [0, 0.1) is 22.2 Å². The van der Waals surface area contributed by atoms with Gasteiger partial charge in [0.2, 0.25) is 11.8 Å². The summed E-state index contributed by atoms with van der Waals surface area (Å²) in [4.78, 5) is 27.9. The van der Waals surface area contributed by atoms with Crippen LogP contribution in [0.4, 0.5) is 5.69 Å². The molecule has 1 aliphatic carbocycles. The Morgan fingerprint density at radius 3 is 1.97 bits per heavy atom. The zero-order chi connectivity index (χ0) is 25.9. The number of carbonyl (C=O) groups is 2. The van der Waals surface area contributed by atoms with Crippen molar-refractivity contribution in [2.24, 2.45) is 10.8 Å². The molecule has 1 aromatic carbocycles. The highest BCUT2D eigenvalue weighted by molar-refractivity contribution is 5.92. The second kappa shape index (κ2) is 13.5. The molecule has 0 bridgehead atoms. The molecule has 34 heavy (non-hydrogen) atoms.